The fourth-order valence-electron chi connectivity index (χ4n) is 1.77. The van der Waals surface area contributed by atoms with E-state index in [1.54, 1.807) is 30.3 Å². The molecule has 0 fully saturated rings. The Hall–Kier alpha value is -0.830. The van der Waals surface area contributed by atoms with E-state index in [4.69, 9.17) is 23.2 Å². The van der Waals surface area contributed by atoms with Crippen molar-refractivity contribution in [1.82, 2.24) is 0 Å². The Labute approximate surface area is 130 Å². The van der Waals surface area contributed by atoms with Crippen LogP contribution in [0.4, 0.5) is 0 Å². The van der Waals surface area contributed by atoms with Crippen LogP contribution in [0.25, 0.3) is 0 Å². The van der Waals surface area contributed by atoms with Gasteiger partial charge in [0.2, 0.25) is 0 Å². The molecule has 4 heteroatoms. The lowest BCUT2D eigenvalue weighted by Crippen LogP contribution is -2.04. The second kappa shape index (κ2) is 5.66. The van der Waals surface area contributed by atoms with Crippen LogP contribution >= 0.6 is 39.1 Å². The summed E-state index contributed by atoms with van der Waals surface area (Å²) in [5.41, 5.74) is 3.02. The number of aryl methyl sites for hydroxylation is 2. The van der Waals surface area contributed by atoms with Crippen molar-refractivity contribution in [2.24, 2.45) is 0 Å². The van der Waals surface area contributed by atoms with Gasteiger partial charge in [-0.15, -0.1) is 0 Å². The molecule has 2 aromatic carbocycles. The number of halogens is 3. The highest BCUT2D eigenvalue weighted by molar-refractivity contribution is 9.10. The van der Waals surface area contributed by atoms with Crippen LogP contribution in [0.2, 0.25) is 10.0 Å². The Morgan fingerprint density at radius 2 is 1.53 bits per heavy atom. The molecule has 2 rings (SSSR count). The Morgan fingerprint density at radius 3 is 2.16 bits per heavy atom. The summed E-state index contributed by atoms with van der Waals surface area (Å²) in [6.45, 7) is 3.91. The molecule has 0 atom stereocenters. The quantitative estimate of drug-likeness (QED) is 0.639. The van der Waals surface area contributed by atoms with Crippen LogP contribution < -0.4 is 0 Å². The first-order valence-electron chi connectivity index (χ1n) is 5.66. The lowest BCUT2D eigenvalue weighted by molar-refractivity contribution is 0.103. The molecule has 0 aliphatic heterocycles. The van der Waals surface area contributed by atoms with Crippen molar-refractivity contribution in [2.75, 3.05) is 0 Å². The van der Waals surface area contributed by atoms with Gasteiger partial charge in [-0.1, -0.05) is 39.1 Å². The summed E-state index contributed by atoms with van der Waals surface area (Å²) in [5.74, 6) is -0.161. The van der Waals surface area contributed by atoms with Crippen LogP contribution in [0, 0.1) is 13.8 Å². The monoisotopic (exact) mass is 356 g/mol. The maximum Gasteiger partial charge on any atom is 0.196 e. The molecule has 0 spiro atoms. The number of carbonyl (C=O) groups is 1. The molecule has 0 aliphatic rings. The van der Waals surface area contributed by atoms with Crippen molar-refractivity contribution in [3.05, 3.63) is 67.1 Å². The lowest BCUT2D eigenvalue weighted by Gasteiger charge is -2.09. The van der Waals surface area contributed by atoms with Crippen LogP contribution in [-0.4, -0.2) is 5.78 Å². The van der Waals surface area contributed by atoms with E-state index < -0.39 is 0 Å². The fourth-order valence-corrected chi connectivity index (χ4v) is 2.84. The molecule has 0 unspecified atom stereocenters. The molecule has 98 valence electrons. The minimum Gasteiger partial charge on any atom is -0.288 e. The van der Waals surface area contributed by atoms with Crippen molar-refractivity contribution in [1.29, 1.82) is 0 Å². The summed E-state index contributed by atoms with van der Waals surface area (Å²) in [6, 6.07) is 8.79. The average Bonchev–Trinajstić information content (AvgIpc) is 2.33. The lowest BCUT2D eigenvalue weighted by atomic mass is 9.99. The SMILES string of the molecule is Cc1cc(Cl)c(C(=O)c2ccc(Br)cc2Cl)cc1C. The molecule has 0 radical (unpaired) electrons. The Balaban J connectivity index is 2.53. The zero-order valence-electron chi connectivity index (χ0n) is 10.4. The van der Waals surface area contributed by atoms with Crippen LogP contribution in [-0.2, 0) is 0 Å². The predicted octanol–water partition coefficient (Wildman–Crippen LogP) is 5.60. The van der Waals surface area contributed by atoms with E-state index in [0.717, 1.165) is 15.6 Å². The Bertz CT molecular complexity index is 665. The third-order valence-corrected chi connectivity index (χ3v) is 4.12. The van der Waals surface area contributed by atoms with Gasteiger partial charge in [-0.2, -0.15) is 0 Å². The van der Waals surface area contributed by atoms with E-state index in [1.807, 2.05) is 13.8 Å². The van der Waals surface area contributed by atoms with E-state index in [1.165, 1.54) is 0 Å². The van der Waals surface area contributed by atoms with Gasteiger partial charge in [0, 0.05) is 15.6 Å². The first-order chi connectivity index (χ1) is 8.90. The van der Waals surface area contributed by atoms with Crippen LogP contribution in [0.1, 0.15) is 27.0 Å². The third-order valence-electron chi connectivity index (χ3n) is 3.00. The Morgan fingerprint density at radius 1 is 0.947 bits per heavy atom. The van der Waals surface area contributed by atoms with Crippen LogP contribution in [0.15, 0.2) is 34.8 Å². The maximum atomic E-state index is 12.5. The van der Waals surface area contributed by atoms with Gasteiger partial charge in [-0.3, -0.25) is 4.79 Å². The molecular weight excluding hydrogens is 347 g/mol. The number of hydrogen-bond acceptors (Lipinski definition) is 1. The molecule has 19 heavy (non-hydrogen) atoms. The molecule has 0 amide bonds. The highest BCUT2D eigenvalue weighted by Gasteiger charge is 2.17. The first-order valence-corrected chi connectivity index (χ1v) is 7.21. The third kappa shape index (κ3) is 3.02. The summed E-state index contributed by atoms with van der Waals surface area (Å²) in [7, 11) is 0. The normalized spacial score (nSPS) is 10.6. The number of carbonyl (C=O) groups excluding carboxylic acids is 1. The van der Waals surface area contributed by atoms with Crippen molar-refractivity contribution in [2.45, 2.75) is 13.8 Å². The Kier molecular flexibility index (Phi) is 4.34. The summed E-state index contributed by atoms with van der Waals surface area (Å²) < 4.78 is 0.834. The van der Waals surface area contributed by atoms with E-state index >= 15 is 0 Å². The average molecular weight is 358 g/mol. The second-order valence-corrected chi connectivity index (χ2v) is 6.10. The minimum absolute atomic E-state index is 0.161. The highest BCUT2D eigenvalue weighted by Crippen LogP contribution is 2.28. The van der Waals surface area contributed by atoms with Gasteiger partial charge < -0.3 is 0 Å². The summed E-state index contributed by atoms with van der Waals surface area (Å²) in [6.07, 6.45) is 0. The second-order valence-electron chi connectivity index (χ2n) is 4.37. The van der Waals surface area contributed by atoms with Gasteiger partial charge in [-0.05, 0) is 55.3 Å². The molecule has 0 saturated carbocycles. The molecular formula is C15H11BrCl2O. The standard InChI is InChI=1S/C15H11BrCl2O/c1-8-5-12(13(17)6-9(8)2)15(19)11-4-3-10(16)7-14(11)18/h3-7H,1-2H3. The molecule has 0 bridgehead atoms. The number of ketones is 1. The summed E-state index contributed by atoms with van der Waals surface area (Å²) >= 11 is 15.6. The van der Waals surface area contributed by atoms with E-state index in [-0.39, 0.29) is 5.78 Å². The van der Waals surface area contributed by atoms with Crippen LogP contribution in [0.3, 0.4) is 0 Å². The molecule has 0 N–H and O–H groups in total. The number of benzene rings is 2. The summed E-state index contributed by atoms with van der Waals surface area (Å²) in [5, 5.41) is 0.862. The number of hydrogen-bond donors (Lipinski definition) is 0. The maximum absolute atomic E-state index is 12.5. The predicted molar refractivity (Wildman–Crippen MR) is 83.5 cm³/mol. The zero-order valence-corrected chi connectivity index (χ0v) is 13.5. The molecule has 0 aromatic heterocycles. The van der Waals surface area contributed by atoms with Crippen molar-refractivity contribution in [3.63, 3.8) is 0 Å². The smallest absolute Gasteiger partial charge is 0.196 e. The molecule has 0 heterocycles. The molecule has 2 aromatic rings. The molecule has 1 nitrogen and oxygen atoms in total. The summed E-state index contributed by atoms with van der Waals surface area (Å²) in [4.78, 5) is 12.5. The largest absolute Gasteiger partial charge is 0.288 e. The zero-order chi connectivity index (χ0) is 14.2. The minimum atomic E-state index is -0.161. The topological polar surface area (TPSA) is 17.1 Å². The molecule has 0 aliphatic carbocycles. The number of rotatable bonds is 2. The fraction of sp³-hybridized carbons (Fsp3) is 0.133. The van der Waals surface area contributed by atoms with E-state index in [9.17, 15) is 4.79 Å². The van der Waals surface area contributed by atoms with Crippen molar-refractivity contribution < 1.29 is 4.79 Å². The van der Waals surface area contributed by atoms with Gasteiger partial charge in [0.15, 0.2) is 5.78 Å². The van der Waals surface area contributed by atoms with Crippen LogP contribution in [0.5, 0.6) is 0 Å². The van der Waals surface area contributed by atoms with Gasteiger partial charge in [0.05, 0.1) is 10.0 Å². The van der Waals surface area contributed by atoms with Crippen molar-refractivity contribution in [3.8, 4) is 0 Å². The van der Waals surface area contributed by atoms with E-state index in [2.05, 4.69) is 15.9 Å². The van der Waals surface area contributed by atoms with E-state index in [0.29, 0.717) is 21.2 Å². The van der Waals surface area contributed by atoms with Gasteiger partial charge in [0.25, 0.3) is 0 Å². The molecule has 0 saturated heterocycles. The van der Waals surface area contributed by atoms with Gasteiger partial charge >= 0.3 is 0 Å². The van der Waals surface area contributed by atoms with Gasteiger partial charge in [-0.25, -0.2) is 0 Å². The van der Waals surface area contributed by atoms with Gasteiger partial charge in [0.1, 0.15) is 0 Å². The van der Waals surface area contributed by atoms with Crippen molar-refractivity contribution >= 4 is 44.9 Å². The highest BCUT2D eigenvalue weighted by atomic mass is 79.9. The first kappa shape index (κ1) is 14.6.